The molecule has 0 bridgehead atoms. The number of aliphatic imine (C=N–C) groups is 2. The number of alkyl halides is 4. The van der Waals surface area contributed by atoms with Crippen LogP contribution in [-0.2, 0) is 16.1 Å². The van der Waals surface area contributed by atoms with Gasteiger partial charge in [-0.15, -0.1) is 11.6 Å². The van der Waals surface area contributed by atoms with Crippen LogP contribution in [0.15, 0.2) is 45.5 Å². The maximum absolute atomic E-state index is 13.6. The molecule has 39 heavy (non-hydrogen) atoms. The maximum atomic E-state index is 13.6. The molecule has 0 unspecified atom stereocenters. The van der Waals surface area contributed by atoms with Crippen LogP contribution in [0.4, 0.5) is 17.6 Å². The Kier molecular flexibility index (Phi) is 35.9. The number of nitrogens with one attached hydrogen (secondary N) is 1. The van der Waals surface area contributed by atoms with Crippen LogP contribution in [0.2, 0.25) is 0 Å². The van der Waals surface area contributed by atoms with Crippen molar-refractivity contribution in [1.29, 1.82) is 0 Å². The quantitative estimate of drug-likeness (QED) is 0.0507. The topological polar surface area (TPSA) is 63.0 Å². The number of hydrogen-bond donors (Lipinski definition) is 1. The molecule has 0 aromatic heterocycles. The van der Waals surface area contributed by atoms with Gasteiger partial charge in [0.05, 0.1) is 12.5 Å². The molecule has 0 aliphatic rings. The minimum absolute atomic E-state index is 0.188. The molecule has 228 valence electrons. The lowest BCUT2D eigenvalue weighted by molar-refractivity contribution is -0.110. The van der Waals surface area contributed by atoms with Gasteiger partial charge < -0.3 is 14.8 Å². The molecule has 0 fully saturated rings. The zero-order valence-electron chi connectivity index (χ0n) is 25.1. The highest BCUT2D eigenvalue weighted by Gasteiger charge is 2.15. The van der Waals surface area contributed by atoms with E-state index in [9.17, 15) is 22.4 Å². The highest BCUT2D eigenvalue weighted by atomic mass is 35.5. The van der Waals surface area contributed by atoms with E-state index in [-0.39, 0.29) is 25.3 Å². The third kappa shape index (κ3) is 31.9. The van der Waals surface area contributed by atoms with Gasteiger partial charge in [-0.2, -0.15) is 13.2 Å². The van der Waals surface area contributed by atoms with Crippen LogP contribution in [0.5, 0.6) is 0 Å². The predicted octanol–water partition coefficient (Wildman–Crippen LogP) is 9.30. The summed E-state index contributed by atoms with van der Waals surface area (Å²) in [6.07, 6.45) is 1.30. The molecule has 1 N–H and O–H groups in total. The van der Waals surface area contributed by atoms with E-state index < -0.39 is 6.18 Å². The molecule has 1 aromatic rings. The van der Waals surface area contributed by atoms with Crippen LogP contribution in [0, 0.1) is 5.82 Å². The number of hydrogen-bond acceptors (Lipinski definition) is 4. The first-order valence-corrected chi connectivity index (χ1v) is 13.9. The van der Waals surface area contributed by atoms with Crippen molar-refractivity contribution in [1.82, 2.24) is 5.32 Å². The summed E-state index contributed by atoms with van der Waals surface area (Å²) in [5.41, 5.74) is 2.39. The van der Waals surface area contributed by atoms with Crippen LogP contribution in [0.25, 0.3) is 0 Å². The first kappa shape index (κ1) is 43.8. The largest absolute Gasteiger partial charge is 0.386 e. The third-order valence-corrected chi connectivity index (χ3v) is 4.11. The van der Waals surface area contributed by atoms with Crippen LogP contribution in [0.3, 0.4) is 0 Å². The SMILES string of the molecule is C=N/C(CC)=C(/CC)C(=NCc1ccccc1F)NCCl.CC.CC(F)(F)F.CCC=O.CCCOCCC. The van der Waals surface area contributed by atoms with Crippen LogP contribution < -0.4 is 5.32 Å². The van der Waals surface area contributed by atoms with Gasteiger partial charge in [-0.25, -0.2) is 4.39 Å². The van der Waals surface area contributed by atoms with E-state index in [0.29, 0.717) is 17.8 Å². The Balaban J connectivity index is -0.000000277. The lowest BCUT2D eigenvalue weighted by atomic mass is 10.1. The van der Waals surface area contributed by atoms with E-state index in [1.807, 2.05) is 34.6 Å². The number of benzene rings is 1. The first-order chi connectivity index (χ1) is 18.5. The smallest absolute Gasteiger partial charge is 0.381 e. The van der Waals surface area contributed by atoms with Crippen molar-refractivity contribution in [2.75, 3.05) is 19.2 Å². The van der Waals surface area contributed by atoms with E-state index in [2.05, 4.69) is 35.9 Å². The second kappa shape index (κ2) is 32.0. The second-order valence-corrected chi connectivity index (χ2v) is 7.59. The first-order valence-electron chi connectivity index (χ1n) is 13.4. The van der Waals surface area contributed by atoms with Gasteiger partial charge in [0, 0.05) is 43.4 Å². The summed E-state index contributed by atoms with van der Waals surface area (Å²) < 4.78 is 49.8. The summed E-state index contributed by atoms with van der Waals surface area (Å²) in [6.45, 7) is 20.0. The van der Waals surface area contributed by atoms with Crippen molar-refractivity contribution in [2.45, 2.75) is 100 Å². The zero-order chi connectivity index (χ0) is 31.1. The van der Waals surface area contributed by atoms with Crippen molar-refractivity contribution in [3.05, 3.63) is 46.9 Å². The van der Waals surface area contributed by atoms with Crippen LogP contribution >= 0.6 is 11.6 Å². The fourth-order valence-corrected chi connectivity index (χ4v) is 2.56. The van der Waals surface area contributed by atoms with E-state index >= 15 is 0 Å². The van der Waals surface area contributed by atoms with Gasteiger partial charge in [0.25, 0.3) is 0 Å². The molecule has 0 aliphatic carbocycles. The molecule has 0 heterocycles. The third-order valence-electron chi connectivity index (χ3n) is 3.98. The highest BCUT2D eigenvalue weighted by molar-refractivity contribution is 6.19. The Morgan fingerprint density at radius 1 is 1.05 bits per heavy atom. The molecule has 0 amide bonds. The number of nitrogens with zero attached hydrogens (tertiary/aromatic N) is 2. The molecular weight excluding hydrogens is 534 g/mol. The van der Waals surface area contributed by atoms with Gasteiger partial charge in [-0.1, -0.05) is 66.7 Å². The Morgan fingerprint density at radius 2 is 1.54 bits per heavy atom. The van der Waals surface area contributed by atoms with E-state index in [1.54, 1.807) is 18.2 Å². The number of amidine groups is 1. The molecule has 1 aromatic carbocycles. The standard InChI is InChI=1S/C16H21ClFN3.C6H14O.C3H6O.C2H3F3.C2H6/c1-4-13(15(5-2)19-3)16(21-11-17)20-10-12-8-6-7-9-14(12)18;1-3-5-7-6-4-2;1-2-3-4;1-2(3,4)5;1-2/h6-9H,3-5,10-11H2,1-2H3,(H,20,21);3-6H2,1-2H3;3H,2H2,1H3;1H3;1-2H3/b15-13-;;;;. The van der Waals surface area contributed by atoms with Crippen molar-refractivity contribution < 1.29 is 27.1 Å². The summed E-state index contributed by atoms with van der Waals surface area (Å²) in [6, 6.07) is 6.84. The van der Waals surface area contributed by atoms with E-state index in [4.69, 9.17) is 16.3 Å². The Bertz CT molecular complexity index is 761. The maximum Gasteiger partial charge on any atom is 0.386 e. The molecule has 0 saturated carbocycles. The molecule has 0 saturated heterocycles. The number of halogens is 5. The van der Waals surface area contributed by atoms with E-state index in [0.717, 1.165) is 56.5 Å². The highest BCUT2D eigenvalue weighted by Crippen LogP contribution is 2.16. The molecule has 0 radical (unpaired) electrons. The van der Waals surface area contributed by atoms with Gasteiger partial charge in [0.2, 0.25) is 0 Å². The average Bonchev–Trinajstić information content (AvgIpc) is 2.91. The number of carbonyl (C=O) groups excluding carboxylic acids is 1. The van der Waals surface area contributed by atoms with Gasteiger partial charge in [-0.05, 0) is 38.5 Å². The number of rotatable bonds is 12. The number of aldehydes is 1. The zero-order valence-corrected chi connectivity index (χ0v) is 25.8. The summed E-state index contributed by atoms with van der Waals surface area (Å²) in [5, 5.41) is 3.02. The molecule has 0 spiro atoms. The molecule has 5 nitrogen and oxygen atoms in total. The van der Waals surface area contributed by atoms with Crippen molar-refractivity contribution >= 4 is 30.4 Å². The Morgan fingerprint density at radius 3 is 1.87 bits per heavy atom. The summed E-state index contributed by atoms with van der Waals surface area (Å²) in [7, 11) is 0. The molecule has 1 rings (SSSR count). The normalized spacial score (nSPS) is 10.9. The summed E-state index contributed by atoms with van der Waals surface area (Å²) >= 11 is 5.77. The molecular formula is C29H50ClF4N3O2. The van der Waals surface area contributed by atoms with Gasteiger partial charge in [0.15, 0.2) is 0 Å². The predicted molar refractivity (Wildman–Crippen MR) is 159 cm³/mol. The van der Waals surface area contributed by atoms with Gasteiger partial charge in [-0.3, -0.25) is 9.98 Å². The number of ether oxygens (including phenoxy) is 1. The lowest BCUT2D eigenvalue weighted by Gasteiger charge is -2.13. The van der Waals surface area contributed by atoms with Crippen LogP contribution in [0.1, 0.15) is 93.1 Å². The lowest BCUT2D eigenvalue weighted by Crippen LogP contribution is -2.25. The monoisotopic (exact) mass is 583 g/mol. The molecule has 10 heteroatoms. The van der Waals surface area contributed by atoms with Crippen molar-refractivity contribution in [3.63, 3.8) is 0 Å². The molecule has 0 aliphatic heterocycles. The minimum Gasteiger partial charge on any atom is -0.381 e. The number of allylic oxidation sites excluding steroid dienone is 1. The van der Waals surface area contributed by atoms with Crippen molar-refractivity contribution in [2.24, 2.45) is 9.98 Å². The second-order valence-electron chi connectivity index (χ2n) is 7.33. The molecule has 0 atom stereocenters. The number of carbonyl (C=O) groups is 1. The fourth-order valence-electron chi connectivity index (χ4n) is 2.43. The van der Waals surface area contributed by atoms with Gasteiger partial charge in [0.1, 0.15) is 17.9 Å². The average molecular weight is 584 g/mol. The summed E-state index contributed by atoms with van der Waals surface area (Å²) in [4.78, 5) is 17.7. The summed E-state index contributed by atoms with van der Waals surface area (Å²) in [5.74, 6) is 0.395. The minimum atomic E-state index is -4.00. The van der Waals surface area contributed by atoms with Crippen LogP contribution in [-0.4, -0.2) is 44.2 Å². The van der Waals surface area contributed by atoms with Crippen molar-refractivity contribution in [3.8, 4) is 0 Å². The van der Waals surface area contributed by atoms with E-state index in [1.165, 1.54) is 6.07 Å². The fraction of sp³-hybridized carbons (Fsp3) is 0.621. The Hall–Kier alpha value is -2.26. The Labute approximate surface area is 239 Å². The van der Waals surface area contributed by atoms with Gasteiger partial charge >= 0.3 is 6.18 Å².